The molecule has 0 N–H and O–H groups in total. The molecular weight excluding hydrogens is 272 g/mol. The minimum atomic E-state index is -0.511. The SMILES string of the molecule is CS(C)(C)CCOCn1cnc2c(Cl)ncnc21. The highest BCUT2D eigenvalue weighted by Crippen LogP contribution is 2.33. The Morgan fingerprint density at radius 3 is 2.78 bits per heavy atom. The fourth-order valence-corrected chi connectivity index (χ4v) is 2.21. The number of imidazole rings is 1. The topological polar surface area (TPSA) is 52.8 Å². The Balaban J connectivity index is 1.98. The minimum Gasteiger partial charge on any atom is -0.360 e. The Bertz CT molecular complexity index is 537. The number of aromatic nitrogens is 4. The molecule has 2 aromatic rings. The largest absolute Gasteiger partial charge is 0.360 e. The smallest absolute Gasteiger partial charge is 0.166 e. The van der Waals surface area contributed by atoms with Crippen LogP contribution in [0.1, 0.15) is 0 Å². The van der Waals surface area contributed by atoms with Gasteiger partial charge in [0.25, 0.3) is 0 Å². The summed E-state index contributed by atoms with van der Waals surface area (Å²) in [6.07, 6.45) is 9.93. The normalized spacial score (nSPS) is 13.1. The second-order valence-electron chi connectivity index (χ2n) is 4.88. The van der Waals surface area contributed by atoms with Gasteiger partial charge in [-0.25, -0.2) is 25.0 Å². The van der Waals surface area contributed by atoms with Crippen molar-refractivity contribution in [3.8, 4) is 0 Å². The lowest BCUT2D eigenvalue weighted by Gasteiger charge is -2.24. The summed E-state index contributed by atoms with van der Waals surface area (Å²) >= 11 is 5.93. The minimum absolute atomic E-state index is 0.373. The van der Waals surface area contributed by atoms with Gasteiger partial charge in [0.15, 0.2) is 10.8 Å². The van der Waals surface area contributed by atoms with Gasteiger partial charge in [-0.05, 0) is 18.8 Å². The number of halogens is 1. The number of fused-ring (bicyclic) bond motifs is 1. The van der Waals surface area contributed by atoms with E-state index in [4.69, 9.17) is 16.3 Å². The highest BCUT2D eigenvalue weighted by atomic mass is 35.5. The average molecular weight is 289 g/mol. The van der Waals surface area contributed by atoms with Crippen molar-refractivity contribution in [3.63, 3.8) is 0 Å². The van der Waals surface area contributed by atoms with Crippen molar-refractivity contribution in [3.05, 3.63) is 17.8 Å². The summed E-state index contributed by atoms with van der Waals surface area (Å²) in [4.78, 5) is 12.2. The molecule has 0 radical (unpaired) electrons. The molecule has 0 bridgehead atoms. The van der Waals surface area contributed by atoms with Crippen LogP contribution in [0.2, 0.25) is 5.15 Å². The maximum Gasteiger partial charge on any atom is 0.166 e. The highest BCUT2D eigenvalue weighted by Gasteiger charge is 2.08. The number of hydrogen-bond donors (Lipinski definition) is 0. The van der Waals surface area contributed by atoms with Crippen molar-refractivity contribution in [2.45, 2.75) is 6.73 Å². The third-order valence-corrected chi connectivity index (χ3v) is 4.10. The summed E-state index contributed by atoms with van der Waals surface area (Å²) in [5.74, 6) is 1.09. The van der Waals surface area contributed by atoms with E-state index < -0.39 is 10.0 Å². The molecule has 2 rings (SSSR count). The molecule has 7 heteroatoms. The molecule has 2 aromatic heterocycles. The molecular formula is C11H17ClN4OS. The molecule has 2 heterocycles. The van der Waals surface area contributed by atoms with Crippen molar-refractivity contribution < 1.29 is 4.74 Å². The molecule has 0 aliphatic rings. The summed E-state index contributed by atoms with van der Waals surface area (Å²) in [5, 5.41) is 0.373. The van der Waals surface area contributed by atoms with Crippen LogP contribution in [-0.2, 0) is 11.5 Å². The molecule has 0 aliphatic carbocycles. The summed E-state index contributed by atoms with van der Waals surface area (Å²) in [6, 6.07) is 0. The van der Waals surface area contributed by atoms with E-state index >= 15 is 0 Å². The molecule has 0 saturated carbocycles. The van der Waals surface area contributed by atoms with Crippen LogP contribution in [0.5, 0.6) is 0 Å². The van der Waals surface area contributed by atoms with Crippen molar-refractivity contribution in [2.75, 3.05) is 31.1 Å². The number of nitrogens with zero attached hydrogens (tertiary/aromatic N) is 4. The van der Waals surface area contributed by atoms with Gasteiger partial charge in [0, 0.05) is 5.75 Å². The van der Waals surface area contributed by atoms with E-state index in [1.165, 1.54) is 6.33 Å². The Kier molecular flexibility index (Phi) is 4.09. The van der Waals surface area contributed by atoms with Crippen LogP contribution in [-0.4, -0.2) is 50.6 Å². The van der Waals surface area contributed by atoms with Crippen LogP contribution in [0.25, 0.3) is 11.2 Å². The Hall–Kier alpha value is -0.850. The molecule has 100 valence electrons. The molecule has 0 spiro atoms. The predicted molar refractivity (Wildman–Crippen MR) is 76.5 cm³/mol. The monoisotopic (exact) mass is 288 g/mol. The predicted octanol–water partition coefficient (Wildman–Crippen LogP) is 2.15. The maximum atomic E-state index is 5.93. The standard InChI is InChI=1S/C11H17ClN4OS/c1-18(2,3)5-4-17-8-16-7-15-9-10(12)13-6-14-11(9)16/h6-7H,4-5,8H2,1-3H3. The van der Waals surface area contributed by atoms with Gasteiger partial charge < -0.3 is 4.74 Å². The van der Waals surface area contributed by atoms with E-state index in [-0.39, 0.29) is 0 Å². The molecule has 0 fully saturated rings. The number of ether oxygens (including phenoxy) is 1. The summed E-state index contributed by atoms with van der Waals surface area (Å²) in [6.45, 7) is 1.19. The molecule has 0 atom stereocenters. The molecule has 0 aromatic carbocycles. The average Bonchev–Trinajstić information content (AvgIpc) is 2.68. The van der Waals surface area contributed by atoms with Crippen LogP contribution in [0.4, 0.5) is 0 Å². The summed E-state index contributed by atoms with van der Waals surface area (Å²) in [7, 11) is -0.511. The third kappa shape index (κ3) is 3.34. The van der Waals surface area contributed by atoms with Crippen molar-refractivity contribution in [1.82, 2.24) is 19.5 Å². The van der Waals surface area contributed by atoms with Gasteiger partial charge in [0.2, 0.25) is 0 Å². The number of hydrogen-bond acceptors (Lipinski definition) is 4. The van der Waals surface area contributed by atoms with E-state index in [1.807, 2.05) is 4.57 Å². The molecule has 18 heavy (non-hydrogen) atoms. The quantitative estimate of drug-likeness (QED) is 0.625. The second kappa shape index (κ2) is 5.42. The summed E-state index contributed by atoms with van der Waals surface area (Å²) < 4.78 is 7.48. The van der Waals surface area contributed by atoms with E-state index in [9.17, 15) is 0 Å². The van der Waals surface area contributed by atoms with Crippen molar-refractivity contribution >= 4 is 32.8 Å². The van der Waals surface area contributed by atoms with Crippen LogP contribution in [0.3, 0.4) is 0 Å². The van der Waals surface area contributed by atoms with Gasteiger partial charge in [-0.3, -0.25) is 4.57 Å². The van der Waals surface area contributed by atoms with Gasteiger partial charge in [0.1, 0.15) is 18.6 Å². The van der Waals surface area contributed by atoms with Gasteiger partial charge in [0.05, 0.1) is 12.9 Å². The van der Waals surface area contributed by atoms with Crippen LogP contribution in [0, 0.1) is 0 Å². The zero-order chi connectivity index (χ0) is 13.2. The molecule has 0 unspecified atom stereocenters. The first-order valence-corrected chi connectivity index (χ1v) is 8.93. The molecule has 0 amide bonds. The molecule has 5 nitrogen and oxygen atoms in total. The van der Waals surface area contributed by atoms with Crippen molar-refractivity contribution in [1.29, 1.82) is 0 Å². The van der Waals surface area contributed by atoms with Crippen molar-refractivity contribution in [2.24, 2.45) is 0 Å². The highest BCUT2D eigenvalue weighted by molar-refractivity contribution is 8.32. The van der Waals surface area contributed by atoms with Gasteiger partial charge >= 0.3 is 0 Å². The van der Waals surface area contributed by atoms with E-state index in [0.29, 0.717) is 23.0 Å². The fourth-order valence-electron chi connectivity index (χ4n) is 1.42. The Morgan fingerprint density at radius 1 is 1.28 bits per heavy atom. The number of rotatable bonds is 5. The second-order valence-corrected chi connectivity index (χ2v) is 9.83. The first-order chi connectivity index (χ1) is 8.47. The lowest BCUT2D eigenvalue weighted by Crippen LogP contribution is -2.09. The molecule has 0 aliphatic heterocycles. The fraction of sp³-hybridized carbons (Fsp3) is 0.545. The third-order valence-electron chi connectivity index (χ3n) is 2.43. The zero-order valence-corrected chi connectivity index (χ0v) is 12.3. The van der Waals surface area contributed by atoms with E-state index in [0.717, 1.165) is 12.4 Å². The zero-order valence-electron chi connectivity index (χ0n) is 10.8. The van der Waals surface area contributed by atoms with Crippen LogP contribution >= 0.6 is 21.6 Å². The lowest BCUT2D eigenvalue weighted by atomic mass is 10.5. The Morgan fingerprint density at radius 2 is 2.06 bits per heavy atom. The van der Waals surface area contributed by atoms with E-state index in [2.05, 4.69) is 33.7 Å². The van der Waals surface area contributed by atoms with Gasteiger partial charge in [-0.2, -0.15) is 0 Å². The molecule has 0 saturated heterocycles. The first kappa shape index (κ1) is 13.6. The maximum absolute atomic E-state index is 5.93. The van der Waals surface area contributed by atoms with E-state index in [1.54, 1.807) is 6.33 Å². The van der Waals surface area contributed by atoms with Gasteiger partial charge in [-0.15, -0.1) is 0 Å². The first-order valence-electron chi connectivity index (χ1n) is 5.52. The van der Waals surface area contributed by atoms with Gasteiger partial charge in [-0.1, -0.05) is 11.6 Å². The van der Waals surface area contributed by atoms with Crippen LogP contribution < -0.4 is 0 Å². The lowest BCUT2D eigenvalue weighted by molar-refractivity contribution is 0.0919. The summed E-state index contributed by atoms with van der Waals surface area (Å²) in [5.41, 5.74) is 1.32. The van der Waals surface area contributed by atoms with Crippen LogP contribution in [0.15, 0.2) is 12.7 Å². The Labute approximate surface area is 113 Å².